The van der Waals surface area contributed by atoms with Crippen LogP contribution in [0.15, 0.2) is 12.5 Å². The Morgan fingerprint density at radius 3 is 2.50 bits per heavy atom. The van der Waals surface area contributed by atoms with Crippen LogP contribution in [0.2, 0.25) is 0 Å². The van der Waals surface area contributed by atoms with Gasteiger partial charge in [0.05, 0.1) is 11.6 Å². The lowest BCUT2D eigenvalue weighted by atomic mass is 10.2. The van der Waals surface area contributed by atoms with Crippen LogP contribution in [0.1, 0.15) is 6.42 Å². The molecule has 2 aromatic heterocycles. The first-order valence-electron chi connectivity index (χ1n) is 9.31. The standard InChI is InChI=1S/C17H26N8O.2ClH/c1-22-16-14(12-21-22)17(20-13-19-16)25-10-8-23(9-11-25)5-2-15(26)24-6-3-18-4-7-24;;/h12-13,18H,2-11H2,1H3;2*1H. The summed E-state index contributed by atoms with van der Waals surface area (Å²) in [6.07, 6.45) is 4.06. The van der Waals surface area contributed by atoms with E-state index in [0.29, 0.717) is 6.42 Å². The molecule has 0 atom stereocenters. The summed E-state index contributed by atoms with van der Waals surface area (Å²) in [5, 5.41) is 8.57. The highest BCUT2D eigenvalue weighted by Crippen LogP contribution is 2.23. The van der Waals surface area contributed by atoms with Crippen LogP contribution in [-0.4, -0.2) is 94.4 Å². The van der Waals surface area contributed by atoms with Gasteiger partial charge in [0.15, 0.2) is 5.65 Å². The maximum Gasteiger partial charge on any atom is 0.223 e. The van der Waals surface area contributed by atoms with Crippen LogP contribution in [-0.2, 0) is 11.8 Å². The van der Waals surface area contributed by atoms with Gasteiger partial charge in [-0.15, -0.1) is 24.8 Å². The lowest BCUT2D eigenvalue weighted by Gasteiger charge is -2.36. The van der Waals surface area contributed by atoms with Crippen molar-refractivity contribution >= 4 is 47.6 Å². The second-order valence-electron chi connectivity index (χ2n) is 6.91. The first-order valence-corrected chi connectivity index (χ1v) is 9.31. The summed E-state index contributed by atoms with van der Waals surface area (Å²) >= 11 is 0. The summed E-state index contributed by atoms with van der Waals surface area (Å²) in [5.74, 6) is 1.24. The Bertz CT molecular complexity index is 772. The Morgan fingerprint density at radius 2 is 1.79 bits per heavy atom. The van der Waals surface area contributed by atoms with Crippen molar-refractivity contribution in [1.82, 2.24) is 34.9 Å². The van der Waals surface area contributed by atoms with Crippen molar-refractivity contribution in [2.75, 3.05) is 63.8 Å². The topological polar surface area (TPSA) is 82.4 Å². The van der Waals surface area contributed by atoms with Gasteiger partial charge in [-0.2, -0.15) is 5.10 Å². The molecule has 0 saturated carbocycles. The predicted molar refractivity (Wildman–Crippen MR) is 114 cm³/mol. The van der Waals surface area contributed by atoms with Crippen molar-refractivity contribution in [3.8, 4) is 0 Å². The van der Waals surface area contributed by atoms with E-state index in [1.807, 2.05) is 18.1 Å². The highest BCUT2D eigenvalue weighted by atomic mass is 35.5. The van der Waals surface area contributed by atoms with Crippen LogP contribution in [0.25, 0.3) is 11.0 Å². The van der Waals surface area contributed by atoms with Crippen molar-refractivity contribution in [2.24, 2.45) is 7.05 Å². The first-order chi connectivity index (χ1) is 12.7. The molecule has 156 valence electrons. The van der Waals surface area contributed by atoms with Gasteiger partial charge in [-0.25, -0.2) is 9.97 Å². The zero-order valence-electron chi connectivity index (χ0n) is 16.1. The lowest BCUT2D eigenvalue weighted by molar-refractivity contribution is -0.132. The van der Waals surface area contributed by atoms with E-state index in [1.165, 1.54) is 0 Å². The van der Waals surface area contributed by atoms with E-state index in [1.54, 1.807) is 11.0 Å². The minimum Gasteiger partial charge on any atom is -0.353 e. The van der Waals surface area contributed by atoms with Gasteiger partial charge in [0, 0.05) is 72.4 Å². The normalized spacial score (nSPS) is 17.9. The van der Waals surface area contributed by atoms with Gasteiger partial charge >= 0.3 is 0 Å². The predicted octanol–water partition coefficient (Wildman–Crippen LogP) is 0.151. The van der Waals surface area contributed by atoms with E-state index in [-0.39, 0.29) is 30.7 Å². The molecule has 11 heteroatoms. The number of nitrogens with one attached hydrogen (secondary N) is 1. The number of hydrogen-bond donors (Lipinski definition) is 1. The first kappa shape index (κ1) is 22.6. The molecular formula is C17H28Cl2N8O. The molecule has 2 aliphatic rings. The largest absolute Gasteiger partial charge is 0.353 e. The van der Waals surface area contributed by atoms with Crippen LogP contribution in [0.3, 0.4) is 0 Å². The maximum absolute atomic E-state index is 12.3. The fourth-order valence-corrected chi connectivity index (χ4v) is 3.71. The maximum atomic E-state index is 12.3. The van der Waals surface area contributed by atoms with Gasteiger partial charge in [-0.1, -0.05) is 0 Å². The number of carbonyl (C=O) groups excluding carboxylic acids is 1. The second kappa shape index (κ2) is 10.2. The SMILES string of the molecule is Cl.Cl.Cn1ncc2c(N3CCN(CCC(=O)N4CCNCC4)CC3)ncnc21. The molecule has 0 radical (unpaired) electrons. The molecule has 0 spiro atoms. The number of rotatable bonds is 4. The minimum absolute atomic E-state index is 0. The molecule has 0 bridgehead atoms. The fourth-order valence-electron chi connectivity index (χ4n) is 3.71. The third-order valence-corrected chi connectivity index (χ3v) is 5.29. The molecule has 0 unspecified atom stereocenters. The van der Waals surface area contributed by atoms with Gasteiger partial charge in [0.2, 0.25) is 5.91 Å². The molecule has 9 nitrogen and oxygen atoms in total. The Morgan fingerprint density at radius 1 is 1.07 bits per heavy atom. The number of fused-ring (bicyclic) bond motifs is 1. The number of hydrogen-bond acceptors (Lipinski definition) is 7. The third-order valence-electron chi connectivity index (χ3n) is 5.29. The number of nitrogens with zero attached hydrogens (tertiary/aromatic N) is 7. The lowest BCUT2D eigenvalue weighted by Crippen LogP contribution is -2.49. The van der Waals surface area contributed by atoms with Crippen LogP contribution in [0, 0.1) is 0 Å². The Kier molecular flexibility index (Phi) is 8.23. The highest BCUT2D eigenvalue weighted by molar-refractivity contribution is 5.86. The quantitative estimate of drug-likeness (QED) is 0.738. The van der Waals surface area contributed by atoms with Crippen molar-refractivity contribution in [2.45, 2.75) is 6.42 Å². The molecule has 1 amide bonds. The molecule has 0 aliphatic carbocycles. The molecule has 2 saturated heterocycles. The van der Waals surface area contributed by atoms with Crippen LogP contribution >= 0.6 is 24.8 Å². The number of piperazine rings is 2. The molecule has 2 aromatic rings. The third kappa shape index (κ3) is 4.83. The average Bonchev–Trinajstić information content (AvgIpc) is 3.08. The molecule has 2 aliphatic heterocycles. The van der Waals surface area contributed by atoms with Crippen molar-refractivity contribution < 1.29 is 4.79 Å². The smallest absolute Gasteiger partial charge is 0.223 e. The number of halogens is 2. The molecule has 28 heavy (non-hydrogen) atoms. The average molecular weight is 431 g/mol. The zero-order chi connectivity index (χ0) is 17.9. The Labute approximate surface area is 177 Å². The number of aryl methyl sites for hydroxylation is 1. The van der Waals surface area contributed by atoms with Crippen molar-refractivity contribution in [3.63, 3.8) is 0 Å². The van der Waals surface area contributed by atoms with Gasteiger partial charge < -0.3 is 15.1 Å². The summed E-state index contributed by atoms with van der Waals surface area (Å²) in [6, 6.07) is 0. The summed E-state index contributed by atoms with van der Waals surface area (Å²) in [5.41, 5.74) is 0.860. The molecule has 4 heterocycles. The Hall–Kier alpha value is -1.68. The van der Waals surface area contributed by atoms with Crippen molar-refractivity contribution in [3.05, 3.63) is 12.5 Å². The summed E-state index contributed by atoms with van der Waals surface area (Å²) < 4.78 is 1.78. The van der Waals surface area contributed by atoms with Crippen molar-refractivity contribution in [1.29, 1.82) is 0 Å². The molecular weight excluding hydrogens is 403 g/mol. The molecule has 1 N–H and O–H groups in total. The highest BCUT2D eigenvalue weighted by Gasteiger charge is 2.22. The minimum atomic E-state index is 0. The number of anilines is 1. The molecule has 0 aromatic carbocycles. The van der Waals surface area contributed by atoms with Gasteiger partial charge in [-0.3, -0.25) is 14.4 Å². The Balaban J connectivity index is 0.00000140. The van der Waals surface area contributed by atoms with E-state index in [9.17, 15) is 4.79 Å². The monoisotopic (exact) mass is 430 g/mol. The van der Waals surface area contributed by atoms with Gasteiger partial charge in [-0.05, 0) is 0 Å². The van der Waals surface area contributed by atoms with Crippen LogP contribution in [0.4, 0.5) is 5.82 Å². The number of aromatic nitrogens is 4. The van der Waals surface area contributed by atoms with E-state index in [2.05, 4.69) is 30.2 Å². The van der Waals surface area contributed by atoms with Gasteiger partial charge in [0.1, 0.15) is 12.1 Å². The summed E-state index contributed by atoms with van der Waals surface area (Å²) in [7, 11) is 1.90. The summed E-state index contributed by atoms with van der Waals surface area (Å²) in [6.45, 7) is 8.02. The molecule has 4 rings (SSSR count). The van der Waals surface area contributed by atoms with Crippen LogP contribution in [0.5, 0.6) is 0 Å². The van der Waals surface area contributed by atoms with Crippen LogP contribution < -0.4 is 10.2 Å². The fraction of sp³-hybridized carbons (Fsp3) is 0.647. The molecule has 2 fully saturated rings. The number of amides is 1. The van der Waals surface area contributed by atoms with E-state index in [4.69, 9.17) is 0 Å². The van der Waals surface area contributed by atoms with Gasteiger partial charge in [0.25, 0.3) is 0 Å². The van der Waals surface area contributed by atoms with E-state index >= 15 is 0 Å². The second-order valence-corrected chi connectivity index (χ2v) is 6.91. The summed E-state index contributed by atoms with van der Waals surface area (Å²) in [4.78, 5) is 27.7. The number of carbonyl (C=O) groups is 1. The zero-order valence-corrected chi connectivity index (χ0v) is 17.7. The van der Waals surface area contributed by atoms with E-state index < -0.39 is 0 Å². The van der Waals surface area contributed by atoms with E-state index in [0.717, 1.165) is 75.8 Å².